The number of ether oxygens (including phenoxy) is 2. The van der Waals surface area contributed by atoms with Crippen molar-refractivity contribution in [3.05, 3.63) is 0 Å². The summed E-state index contributed by atoms with van der Waals surface area (Å²) in [4.78, 5) is 23.8. The van der Waals surface area contributed by atoms with Gasteiger partial charge in [-0.05, 0) is 67.5 Å². The molecular formula is C26H56N2O10Si2. The molecule has 0 aromatic carbocycles. The topological polar surface area (TPSA) is 132 Å². The fourth-order valence-corrected chi connectivity index (χ4v) is 9.16. The van der Waals surface area contributed by atoms with Crippen LogP contribution in [0.2, 0.25) is 12.1 Å². The molecule has 0 bridgehead atoms. The normalized spacial score (nSPS) is 12.1. The minimum absolute atomic E-state index is 0.00352. The van der Waals surface area contributed by atoms with E-state index in [4.69, 9.17) is 36.0 Å². The molecule has 0 aromatic heterocycles. The third-order valence-corrected chi connectivity index (χ3v) is 11.8. The van der Waals surface area contributed by atoms with Gasteiger partial charge in [0.25, 0.3) is 0 Å². The summed E-state index contributed by atoms with van der Waals surface area (Å²) < 4.78 is 45.4. The van der Waals surface area contributed by atoms with E-state index in [1.54, 1.807) is 0 Å². The molecule has 14 heteroatoms. The molecule has 0 unspecified atom stereocenters. The van der Waals surface area contributed by atoms with Gasteiger partial charge in [-0.1, -0.05) is 0 Å². The van der Waals surface area contributed by atoms with Crippen LogP contribution >= 0.6 is 0 Å². The van der Waals surface area contributed by atoms with Crippen LogP contribution in [0.25, 0.3) is 0 Å². The largest absolute Gasteiger partial charge is 0.500 e. The number of hydrogen-bond donors (Lipinski definition) is 2. The van der Waals surface area contributed by atoms with E-state index in [0.717, 1.165) is 38.0 Å². The van der Waals surface area contributed by atoms with Gasteiger partial charge >= 0.3 is 29.5 Å². The van der Waals surface area contributed by atoms with Crippen LogP contribution in [0.15, 0.2) is 0 Å². The van der Waals surface area contributed by atoms with E-state index in [1.165, 1.54) is 0 Å². The van der Waals surface area contributed by atoms with Gasteiger partial charge in [-0.15, -0.1) is 0 Å². The van der Waals surface area contributed by atoms with E-state index in [0.29, 0.717) is 52.7 Å². The zero-order valence-corrected chi connectivity index (χ0v) is 27.8. The van der Waals surface area contributed by atoms with Crippen molar-refractivity contribution in [2.24, 2.45) is 0 Å². The summed E-state index contributed by atoms with van der Waals surface area (Å²) >= 11 is 0. The van der Waals surface area contributed by atoms with Gasteiger partial charge in [0, 0.05) is 64.8 Å². The van der Waals surface area contributed by atoms with Crippen LogP contribution in [0.4, 0.5) is 0 Å². The summed E-state index contributed by atoms with van der Waals surface area (Å²) in [6.45, 7) is 18.0. The van der Waals surface area contributed by atoms with E-state index >= 15 is 0 Å². The van der Waals surface area contributed by atoms with Crippen LogP contribution in [0, 0.1) is 0 Å². The molecule has 0 rings (SSSR count). The number of carbonyl (C=O) groups excluding carboxylic acids is 2. The van der Waals surface area contributed by atoms with Gasteiger partial charge in [0.15, 0.2) is 0 Å². The van der Waals surface area contributed by atoms with Gasteiger partial charge in [-0.25, -0.2) is 0 Å². The molecule has 12 nitrogen and oxygen atoms in total. The van der Waals surface area contributed by atoms with Crippen molar-refractivity contribution in [1.82, 2.24) is 10.6 Å². The lowest BCUT2D eigenvalue weighted by molar-refractivity contribution is -0.150. The van der Waals surface area contributed by atoms with Crippen molar-refractivity contribution in [2.75, 3.05) is 79.0 Å². The van der Waals surface area contributed by atoms with E-state index < -0.39 is 29.5 Å². The highest BCUT2D eigenvalue weighted by Gasteiger charge is 2.40. The van der Waals surface area contributed by atoms with Crippen molar-refractivity contribution in [3.8, 4) is 0 Å². The predicted molar refractivity (Wildman–Crippen MR) is 157 cm³/mol. The lowest BCUT2D eigenvalue weighted by Gasteiger charge is -2.28. The predicted octanol–water partition coefficient (Wildman–Crippen LogP) is 2.91. The smallest absolute Gasteiger partial charge is 0.464 e. The van der Waals surface area contributed by atoms with E-state index in [2.05, 4.69) is 10.6 Å². The molecule has 238 valence electrons. The highest BCUT2D eigenvalue weighted by Crippen LogP contribution is 2.18. The Balaban J connectivity index is 3.89. The van der Waals surface area contributed by atoms with Gasteiger partial charge in [-0.2, -0.15) is 0 Å². The fourth-order valence-electron chi connectivity index (χ4n) is 3.93. The number of esters is 2. The average molecular weight is 613 g/mol. The van der Waals surface area contributed by atoms with Crippen LogP contribution in [-0.4, -0.2) is 109 Å². The molecule has 0 aliphatic carbocycles. The number of nitrogens with one attached hydrogen (secondary N) is 2. The molecule has 0 heterocycles. The van der Waals surface area contributed by atoms with Crippen LogP contribution in [-0.2, 0) is 45.6 Å². The first-order valence-corrected chi connectivity index (χ1v) is 18.8. The lowest BCUT2D eigenvalue weighted by atomic mass is 10.3. The average Bonchev–Trinajstić information content (AvgIpc) is 2.92. The van der Waals surface area contributed by atoms with Crippen molar-refractivity contribution in [3.63, 3.8) is 0 Å². The number of rotatable bonds is 29. The molecule has 0 aliphatic rings. The third-order valence-electron chi connectivity index (χ3n) is 5.48. The highest BCUT2D eigenvalue weighted by molar-refractivity contribution is 6.61. The summed E-state index contributed by atoms with van der Waals surface area (Å²) in [5.74, 6) is -0.837. The molecule has 0 amide bonds. The van der Waals surface area contributed by atoms with Gasteiger partial charge in [0.2, 0.25) is 0 Å². The molecule has 2 N–H and O–H groups in total. The highest BCUT2D eigenvalue weighted by atomic mass is 28.4. The molecule has 0 saturated carbocycles. The summed E-state index contributed by atoms with van der Waals surface area (Å²) in [5.41, 5.74) is 0. The molecule has 0 aliphatic heterocycles. The van der Waals surface area contributed by atoms with Crippen LogP contribution < -0.4 is 10.6 Å². The molecule has 0 atom stereocenters. The van der Waals surface area contributed by atoms with Gasteiger partial charge in [-0.3, -0.25) is 9.59 Å². The Morgan fingerprint density at radius 1 is 0.500 bits per heavy atom. The summed E-state index contributed by atoms with van der Waals surface area (Å²) in [7, 11) is -5.25. The zero-order chi connectivity index (χ0) is 30.0. The standard InChI is InChI=1S/C26H56N2O10Si2/c1-7-33-39(34-8-2,35-9-3)23-13-17-27-19-21-31-25(29)15-16-26(30)32-22-20-28-18-14-24-40(36-10-4,37-11-5)38-12-6/h27-28H,7-24H2,1-6H3. The Morgan fingerprint density at radius 3 is 1.07 bits per heavy atom. The first kappa shape index (κ1) is 39.1. The molecular weight excluding hydrogens is 556 g/mol. The summed E-state index contributed by atoms with van der Waals surface area (Å²) in [6.07, 6.45) is 1.65. The Hall–Kier alpha value is -0.946. The van der Waals surface area contributed by atoms with Crippen LogP contribution in [0.1, 0.15) is 67.2 Å². The molecule has 0 aromatic rings. The SMILES string of the molecule is CCO[Si](CCCNCCOC(=O)CCC(=O)OCCNCCC[Si](OCC)(OCC)OCC)(OCC)OCC. The molecule has 40 heavy (non-hydrogen) atoms. The summed E-state index contributed by atoms with van der Waals surface area (Å²) in [6, 6.07) is 1.45. The molecule has 0 spiro atoms. The first-order chi connectivity index (χ1) is 19.4. The van der Waals surface area contributed by atoms with Gasteiger partial charge in [0.1, 0.15) is 13.2 Å². The fraction of sp³-hybridized carbons (Fsp3) is 0.923. The zero-order valence-electron chi connectivity index (χ0n) is 25.8. The van der Waals surface area contributed by atoms with E-state index in [9.17, 15) is 9.59 Å². The lowest BCUT2D eigenvalue weighted by Crippen LogP contribution is -2.46. The van der Waals surface area contributed by atoms with Gasteiger partial charge in [0.05, 0.1) is 12.8 Å². The minimum atomic E-state index is -2.62. The maximum Gasteiger partial charge on any atom is 0.500 e. The van der Waals surface area contributed by atoms with Crippen molar-refractivity contribution < 1.29 is 45.6 Å². The Labute approximate surface area is 244 Å². The van der Waals surface area contributed by atoms with Crippen molar-refractivity contribution in [2.45, 2.75) is 79.3 Å². The van der Waals surface area contributed by atoms with Crippen LogP contribution in [0.3, 0.4) is 0 Å². The van der Waals surface area contributed by atoms with Crippen LogP contribution in [0.5, 0.6) is 0 Å². The first-order valence-electron chi connectivity index (χ1n) is 14.9. The Bertz CT molecular complexity index is 548. The second-order valence-corrected chi connectivity index (χ2v) is 14.1. The maximum atomic E-state index is 11.9. The van der Waals surface area contributed by atoms with E-state index in [-0.39, 0.29) is 26.1 Å². The molecule has 0 fully saturated rings. The monoisotopic (exact) mass is 612 g/mol. The second kappa shape index (κ2) is 25.7. The number of carbonyl (C=O) groups is 2. The summed E-state index contributed by atoms with van der Waals surface area (Å²) in [5, 5.41) is 6.48. The maximum absolute atomic E-state index is 11.9. The Kier molecular flexibility index (Phi) is 25.1. The number of hydrogen-bond acceptors (Lipinski definition) is 12. The van der Waals surface area contributed by atoms with Crippen molar-refractivity contribution in [1.29, 1.82) is 0 Å². The van der Waals surface area contributed by atoms with Gasteiger partial charge < -0.3 is 46.7 Å². The molecule has 0 radical (unpaired) electrons. The minimum Gasteiger partial charge on any atom is -0.464 e. The third kappa shape index (κ3) is 19.2. The van der Waals surface area contributed by atoms with E-state index in [1.807, 2.05) is 41.5 Å². The quantitative estimate of drug-likeness (QED) is 0.0731. The Morgan fingerprint density at radius 2 is 0.800 bits per heavy atom. The second-order valence-electron chi connectivity index (χ2n) is 8.61. The van der Waals surface area contributed by atoms with Crippen molar-refractivity contribution >= 4 is 29.5 Å². The molecule has 0 saturated heterocycles.